The zero-order chi connectivity index (χ0) is 13.3. The van der Waals surface area contributed by atoms with Gasteiger partial charge in [-0.1, -0.05) is 37.5 Å². The summed E-state index contributed by atoms with van der Waals surface area (Å²) < 4.78 is 0. The summed E-state index contributed by atoms with van der Waals surface area (Å²) in [6.45, 7) is 0.499. The summed E-state index contributed by atoms with van der Waals surface area (Å²) in [6, 6.07) is 8.31. The number of hydrogen-bond donors (Lipinski definition) is 1. The van der Waals surface area contributed by atoms with E-state index in [2.05, 4.69) is 12.1 Å². The van der Waals surface area contributed by atoms with Crippen LogP contribution in [0.5, 0.6) is 0 Å². The molecule has 19 heavy (non-hydrogen) atoms. The zero-order valence-corrected chi connectivity index (χ0v) is 11.5. The summed E-state index contributed by atoms with van der Waals surface area (Å²) in [5.41, 5.74) is 7.89. The van der Waals surface area contributed by atoms with Crippen LogP contribution in [0, 0.1) is 5.41 Å². The van der Waals surface area contributed by atoms with E-state index in [1.165, 1.54) is 24.8 Å². The third-order valence-electron chi connectivity index (χ3n) is 5.16. The maximum atomic E-state index is 12.8. The van der Waals surface area contributed by atoms with Gasteiger partial charge in [-0.3, -0.25) is 4.79 Å². The minimum atomic E-state index is -0.266. The van der Waals surface area contributed by atoms with Crippen LogP contribution in [0.15, 0.2) is 24.3 Å². The Morgan fingerprint density at radius 2 is 1.95 bits per heavy atom. The molecule has 0 radical (unpaired) electrons. The molecular formula is C17H23NO. The Kier molecular flexibility index (Phi) is 3.44. The fourth-order valence-electron chi connectivity index (χ4n) is 3.56. The number of carbonyl (C=O) groups is 1. The lowest BCUT2D eigenvalue weighted by Gasteiger charge is -2.28. The Balaban J connectivity index is 1.86. The highest BCUT2D eigenvalue weighted by atomic mass is 16.1. The smallest absolute Gasteiger partial charge is 0.170 e. The van der Waals surface area contributed by atoms with E-state index in [-0.39, 0.29) is 11.2 Å². The number of nitrogens with two attached hydrogens (primary N) is 1. The third-order valence-corrected chi connectivity index (χ3v) is 5.16. The van der Waals surface area contributed by atoms with E-state index in [0.717, 1.165) is 31.2 Å². The fraction of sp³-hybridized carbons (Fsp3) is 0.588. The van der Waals surface area contributed by atoms with Crippen molar-refractivity contribution in [3.63, 3.8) is 0 Å². The summed E-state index contributed by atoms with van der Waals surface area (Å²) in [5, 5.41) is 0. The van der Waals surface area contributed by atoms with Gasteiger partial charge in [0.15, 0.2) is 5.78 Å². The molecule has 2 nitrogen and oxygen atoms in total. The molecule has 1 aromatic carbocycles. The van der Waals surface area contributed by atoms with Crippen molar-refractivity contribution in [1.29, 1.82) is 0 Å². The van der Waals surface area contributed by atoms with Crippen molar-refractivity contribution < 1.29 is 4.79 Å². The Hall–Kier alpha value is -1.15. The highest BCUT2D eigenvalue weighted by molar-refractivity contribution is 6.01. The minimum absolute atomic E-state index is 0.266. The first-order valence-corrected chi connectivity index (χ1v) is 7.60. The molecule has 102 valence electrons. The Morgan fingerprint density at radius 1 is 1.21 bits per heavy atom. The molecule has 2 heteroatoms. The SMILES string of the molecule is NCC1(C(=O)c2cccc(C3CCC3)c2)CCCC1. The van der Waals surface area contributed by atoms with Gasteiger partial charge >= 0.3 is 0 Å². The van der Waals surface area contributed by atoms with E-state index in [9.17, 15) is 4.79 Å². The number of ketones is 1. The Bertz CT molecular complexity index is 470. The molecule has 0 heterocycles. The maximum absolute atomic E-state index is 12.8. The van der Waals surface area contributed by atoms with Gasteiger partial charge in [-0.2, -0.15) is 0 Å². The van der Waals surface area contributed by atoms with Crippen molar-refractivity contribution in [2.75, 3.05) is 6.54 Å². The van der Waals surface area contributed by atoms with Gasteiger partial charge in [-0.25, -0.2) is 0 Å². The standard InChI is InChI=1S/C17H23NO/c18-12-17(9-1-2-10-17)16(19)15-8-4-7-14(11-15)13-5-3-6-13/h4,7-8,11,13H,1-3,5-6,9-10,12,18H2. The monoisotopic (exact) mass is 257 g/mol. The Labute approximate surface area is 115 Å². The van der Waals surface area contributed by atoms with Gasteiger partial charge in [0.05, 0.1) is 0 Å². The van der Waals surface area contributed by atoms with Crippen molar-refractivity contribution in [2.24, 2.45) is 11.1 Å². The van der Waals surface area contributed by atoms with E-state index in [4.69, 9.17) is 5.73 Å². The van der Waals surface area contributed by atoms with E-state index < -0.39 is 0 Å². The van der Waals surface area contributed by atoms with Crippen molar-refractivity contribution in [3.8, 4) is 0 Å². The van der Waals surface area contributed by atoms with Gasteiger partial charge in [0.1, 0.15) is 0 Å². The van der Waals surface area contributed by atoms with Crippen LogP contribution in [0.2, 0.25) is 0 Å². The highest BCUT2D eigenvalue weighted by Gasteiger charge is 2.40. The maximum Gasteiger partial charge on any atom is 0.170 e. The van der Waals surface area contributed by atoms with Crippen LogP contribution in [-0.2, 0) is 0 Å². The number of carbonyl (C=O) groups excluding carboxylic acids is 1. The van der Waals surface area contributed by atoms with Crippen LogP contribution >= 0.6 is 0 Å². The summed E-state index contributed by atoms with van der Waals surface area (Å²) in [7, 11) is 0. The minimum Gasteiger partial charge on any atom is -0.329 e. The van der Waals surface area contributed by atoms with Crippen LogP contribution < -0.4 is 5.73 Å². The second-order valence-corrected chi connectivity index (χ2v) is 6.27. The Morgan fingerprint density at radius 3 is 2.53 bits per heavy atom. The molecule has 2 aliphatic carbocycles. The first-order valence-electron chi connectivity index (χ1n) is 7.60. The van der Waals surface area contributed by atoms with Crippen LogP contribution in [0.4, 0.5) is 0 Å². The molecule has 2 fully saturated rings. The fourth-order valence-corrected chi connectivity index (χ4v) is 3.56. The molecule has 2 N–H and O–H groups in total. The highest BCUT2D eigenvalue weighted by Crippen LogP contribution is 2.41. The summed E-state index contributed by atoms with van der Waals surface area (Å²) in [6.07, 6.45) is 8.11. The van der Waals surface area contributed by atoms with Crippen molar-refractivity contribution >= 4 is 5.78 Å². The average Bonchev–Trinajstić information content (AvgIpc) is 2.86. The van der Waals surface area contributed by atoms with E-state index in [1.54, 1.807) is 0 Å². The van der Waals surface area contributed by atoms with Crippen LogP contribution in [0.1, 0.15) is 66.8 Å². The van der Waals surface area contributed by atoms with Crippen LogP contribution in [0.3, 0.4) is 0 Å². The summed E-state index contributed by atoms with van der Waals surface area (Å²) in [5.74, 6) is 0.971. The van der Waals surface area contributed by atoms with Crippen molar-refractivity contribution in [2.45, 2.75) is 50.9 Å². The predicted molar refractivity (Wildman–Crippen MR) is 77.3 cm³/mol. The molecule has 0 atom stereocenters. The molecule has 0 amide bonds. The molecule has 0 unspecified atom stereocenters. The van der Waals surface area contributed by atoms with Crippen molar-refractivity contribution in [3.05, 3.63) is 35.4 Å². The normalized spacial score (nSPS) is 22.2. The van der Waals surface area contributed by atoms with E-state index in [0.29, 0.717) is 12.5 Å². The second-order valence-electron chi connectivity index (χ2n) is 6.27. The zero-order valence-electron chi connectivity index (χ0n) is 11.5. The van der Waals surface area contributed by atoms with Gasteiger partial charge in [0, 0.05) is 17.5 Å². The molecule has 0 spiro atoms. The van der Waals surface area contributed by atoms with Crippen molar-refractivity contribution in [1.82, 2.24) is 0 Å². The number of benzene rings is 1. The van der Waals surface area contributed by atoms with E-state index in [1.807, 2.05) is 12.1 Å². The average molecular weight is 257 g/mol. The second kappa shape index (κ2) is 5.09. The van der Waals surface area contributed by atoms with Crippen LogP contribution in [0.25, 0.3) is 0 Å². The largest absolute Gasteiger partial charge is 0.329 e. The molecule has 0 bridgehead atoms. The van der Waals surface area contributed by atoms with Gasteiger partial charge in [-0.15, -0.1) is 0 Å². The molecule has 0 saturated heterocycles. The van der Waals surface area contributed by atoms with Gasteiger partial charge in [-0.05, 0) is 43.2 Å². The van der Waals surface area contributed by atoms with Gasteiger partial charge in [0.25, 0.3) is 0 Å². The number of Topliss-reactive ketones (excluding diaryl/α,β-unsaturated/α-hetero) is 1. The lowest BCUT2D eigenvalue weighted by molar-refractivity contribution is 0.0809. The first kappa shape index (κ1) is 12.9. The number of hydrogen-bond acceptors (Lipinski definition) is 2. The topological polar surface area (TPSA) is 43.1 Å². The summed E-state index contributed by atoms with van der Waals surface area (Å²) >= 11 is 0. The molecular weight excluding hydrogens is 234 g/mol. The lowest BCUT2D eigenvalue weighted by atomic mass is 9.76. The molecule has 1 aromatic rings. The molecule has 2 aliphatic rings. The van der Waals surface area contributed by atoms with Crippen LogP contribution in [-0.4, -0.2) is 12.3 Å². The quantitative estimate of drug-likeness (QED) is 0.836. The lowest BCUT2D eigenvalue weighted by Crippen LogP contribution is -2.36. The predicted octanol–water partition coefficient (Wildman–Crippen LogP) is 3.66. The summed E-state index contributed by atoms with van der Waals surface area (Å²) in [4.78, 5) is 12.8. The molecule has 2 saturated carbocycles. The third kappa shape index (κ3) is 2.23. The first-order chi connectivity index (χ1) is 9.25. The van der Waals surface area contributed by atoms with Gasteiger partial charge in [0.2, 0.25) is 0 Å². The molecule has 3 rings (SSSR count). The molecule has 0 aromatic heterocycles. The number of rotatable bonds is 4. The molecule has 0 aliphatic heterocycles. The van der Waals surface area contributed by atoms with Gasteiger partial charge < -0.3 is 5.73 Å². The van der Waals surface area contributed by atoms with E-state index >= 15 is 0 Å².